The average Bonchev–Trinajstić information content (AvgIpc) is 2.46. The highest BCUT2D eigenvalue weighted by atomic mass is 127. The van der Waals surface area contributed by atoms with Crippen molar-refractivity contribution < 1.29 is 4.79 Å². The lowest BCUT2D eigenvalue weighted by atomic mass is 10.1. The molecule has 4 heteroatoms. The van der Waals surface area contributed by atoms with Gasteiger partial charge in [-0.15, -0.1) is 0 Å². The first-order chi connectivity index (χ1) is 9.65. The Morgan fingerprint density at radius 2 is 1.80 bits per heavy atom. The fourth-order valence-electron chi connectivity index (χ4n) is 1.75. The molecule has 2 aromatic rings. The van der Waals surface area contributed by atoms with Crippen LogP contribution in [0.5, 0.6) is 0 Å². The largest absolute Gasteiger partial charge is 0.375 e. The minimum Gasteiger partial charge on any atom is -0.375 e. The van der Waals surface area contributed by atoms with Crippen molar-refractivity contribution in [2.75, 3.05) is 11.9 Å². The van der Waals surface area contributed by atoms with Crippen LogP contribution in [0.1, 0.15) is 11.1 Å². The standard InChI is InChI=1S/C16H17IN2O/c1-12-6-8-13(9-7-12)10-19-16(20)11-18-15-5-3-2-4-14(15)17/h2-9,18H,10-11H2,1H3,(H,19,20). The van der Waals surface area contributed by atoms with E-state index in [0.29, 0.717) is 6.54 Å². The SMILES string of the molecule is Cc1ccc(CNC(=O)CNc2ccccc2I)cc1. The zero-order valence-corrected chi connectivity index (χ0v) is 13.5. The molecule has 0 bridgehead atoms. The van der Waals surface area contributed by atoms with Crippen molar-refractivity contribution in [3.05, 3.63) is 63.2 Å². The van der Waals surface area contributed by atoms with Gasteiger partial charge < -0.3 is 10.6 Å². The van der Waals surface area contributed by atoms with Crippen molar-refractivity contribution in [3.63, 3.8) is 0 Å². The van der Waals surface area contributed by atoms with E-state index in [1.165, 1.54) is 5.56 Å². The second-order valence-electron chi connectivity index (χ2n) is 4.60. The van der Waals surface area contributed by atoms with Crippen LogP contribution in [0.4, 0.5) is 5.69 Å². The van der Waals surface area contributed by atoms with Crippen LogP contribution in [-0.2, 0) is 11.3 Å². The summed E-state index contributed by atoms with van der Waals surface area (Å²) in [7, 11) is 0. The van der Waals surface area contributed by atoms with Gasteiger partial charge in [0.25, 0.3) is 0 Å². The molecule has 0 heterocycles. The monoisotopic (exact) mass is 380 g/mol. The number of rotatable bonds is 5. The summed E-state index contributed by atoms with van der Waals surface area (Å²) in [6, 6.07) is 16.1. The third-order valence-corrected chi connectivity index (χ3v) is 3.86. The maximum Gasteiger partial charge on any atom is 0.239 e. The van der Waals surface area contributed by atoms with Crippen molar-refractivity contribution in [2.24, 2.45) is 0 Å². The van der Waals surface area contributed by atoms with Crippen molar-refractivity contribution in [1.82, 2.24) is 5.32 Å². The fourth-order valence-corrected chi connectivity index (χ4v) is 2.33. The number of nitrogens with one attached hydrogen (secondary N) is 2. The highest BCUT2D eigenvalue weighted by molar-refractivity contribution is 14.1. The van der Waals surface area contributed by atoms with Crippen molar-refractivity contribution >= 4 is 34.2 Å². The zero-order chi connectivity index (χ0) is 14.4. The molecule has 0 spiro atoms. The number of anilines is 1. The Labute approximate surface area is 132 Å². The summed E-state index contributed by atoms with van der Waals surface area (Å²) in [5.41, 5.74) is 3.32. The molecule has 0 unspecified atom stereocenters. The highest BCUT2D eigenvalue weighted by Gasteiger charge is 2.03. The van der Waals surface area contributed by atoms with Crippen LogP contribution in [0.2, 0.25) is 0 Å². The van der Waals surface area contributed by atoms with E-state index in [4.69, 9.17) is 0 Å². The van der Waals surface area contributed by atoms with Crippen LogP contribution >= 0.6 is 22.6 Å². The lowest BCUT2D eigenvalue weighted by Crippen LogP contribution is -2.29. The predicted molar refractivity (Wildman–Crippen MR) is 90.7 cm³/mol. The van der Waals surface area contributed by atoms with Crippen LogP contribution in [0.3, 0.4) is 0 Å². The smallest absolute Gasteiger partial charge is 0.239 e. The molecule has 2 rings (SSSR count). The van der Waals surface area contributed by atoms with E-state index in [1.54, 1.807) is 0 Å². The van der Waals surface area contributed by atoms with E-state index < -0.39 is 0 Å². The summed E-state index contributed by atoms with van der Waals surface area (Å²) in [5.74, 6) is -0.00905. The van der Waals surface area contributed by atoms with E-state index in [2.05, 4.69) is 33.2 Å². The molecule has 0 aliphatic heterocycles. The molecular formula is C16H17IN2O. The molecule has 3 nitrogen and oxygen atoms in total. The molecule has 104 valence electrons. The number of hydrogen-bond donors (Lipinski definition) is 2. The second kappa shape index (κ2) is 7.28. The molecule has 0 saturated carbocycles. The number of halogens is 1. The Bertz CT molecular complexity index is 581. The summed E-state index contributed by atoms with van der Waals surface area (Å²) in [6.45, 7) is 2.90. The van der Waals surface area contributed by atoms with Gasteiger partial charge in [0, 0.05) is 15.8 Å². The Morgan fingerprint density at radius 3 is 2.50 bits per heavy atom. The molecule has 20 heavy (non-hydrogen) atoms. The van der Waals surface area contributed by atoms with Crippen molar-refractivity contribution in [2.45, 2.75) is 13.5 Å². The van der Waals surface area contributed by atoms with Gasteiger partial charge in [0.05, 0.1) is 6.54 Å². The molecule has 0 fully saturated rings. The number of benzene rings is 2. The number of hydrogen-bond acceptors (Lipinski definition) is 2. The van der Waals surface area contributed by atoms with Gasteiger partial charge >= 0.3 is 0 Å². The van der Waals surface area contributed by atoms with Gasteiger partial charge in [-0.1, -0.05) is 42.0 Å². The normalized spacial score (nSPS) is 10.1. The van der Waals surface area contributed by atoms with Crippen LogP contribution in [0, 0.1) is 10.5 Å². The van der Waals surface area contributed by atoms with Gasteiger partial charge in [-0.25, -0.2) is 0 Å². The van der Waals surface area contributed by atoms with E-state index in [1.807, 2.05) is 55.5 Å². The third kappa shape index (κ3) is 4.52. The third-order valence-electron chi connectivity index (χ3n) is 2.92. The summed E-state index contributed by atoms with van der Waals surface area (Å²) < 4.78 is 1.11. The van der Waals surface area contributed by atoms with E-state index >= 15 is 0 Å². The quantitative estimate of drug-likeness (QED) is 0.782. The van der Waals surface area contributed by atoms with Crippen LogP contribution in [0.25, 0.3) is 0 Å². The first-order valence-corrected chi connectivity index (χ1v) is 7.53. The molecule has 0 aliphatic rings. The van der Waals surface area contributed by atoms with Gasteiger partial charge in [0.15, 0.2) is 0 Å². The average molecular weight is 380 g/mol. The van der Waals surface area contributed by atoms with Gasteiger partial charge in [-0.3, -0.25) is 4.79 Å². The number of para-hydroxylation sites is 1. The summed E-state index contributed by atoms with van der Waals surface area (Å²) in [6.07, 6.45) is 0. The molecule has 0 radical (unpaired) electrons. The second-order valence-corrected chi connectivity index (χ2v) is 5.76. The lowest BCUT2D eigenvalue weighted by Gasteiger charge is -2.09. The molecular weight excluding hydrogens is 363 g/mol. The van der Waals surface area contributed by atoms with Gasteiger partial charge in [-0.05, 0) is 47.2 Å². The first kappa shape index (κ1) is 14.8. The minimum absolute atomic E-state index is 0.00905. The van der Waals surface area contributed by atoms with Crippen molar-refractivity contribution in [3.8, 4) is 0 Å². The van der Waals surface area contributed by atoms with Crippen LogP contribution < -0.4 is 10.6 Å². The Hall–Kier alpha value is -1.56. The molecule has 1 amide bonds. The number of aryl methyl sites for hydroxylation is 1. The lowest BCUT2D eigenvalue weighted by molar-refractivity contribution is -0.119. The molecule has 0 atom stereocenters. The number of carbonyl (C=O) groups excluding carboxylic acids is 1. The van der Waals surface area contributed by atoms with Crippen LogP contribution in [-0.4, -0.2) is 12.5 Å². The van der Waals surface area contributed by atoms with E-state index in [0.717, 1.165) is 14.8 Å². The van der Waals surface area contributed by atoms with Crippen LogP contribution in [0.15, 0.2) is 48.5 Å². The summed E-state index contributed by atoms with van der Waals surface area (Å²) in [4.78, 5) is 11.8. The van der Waals surface area contributed by atoms with E-state index in [-0.39, 0.29) is 12.5 Å². The molecule has 2 N–H and O–H groups in total. The molecule has 2 aromatic carbocycles. The number of carbonyl (C=O) groups is 1. The van der Waals surface area contributed by atoms with Gasteiger partial charge in [0.1, 0.15) is 0 Å². The first-order valence-electron chi connectivity index (χ1n) is 6.46. The fraction of sp³-hybridized carbons (Fsp3) is 0.188. The summed E-state index contributed by atoms with van der Waals surface area (Å²) >= 11 is 2.25. The molecule has 0 aliphatic carbocycles. The predicted octanol–water partition coefficient (Wildman–Crippen LogP) is 3.33. The highest BCUT2D eigenvalue weighted by Crippen LogP contribution is 2.16. The summed E-state index contributed by atoms with van der Waals surface area (Å²) in [5, 5.41) is 6.04. The van der Waals surface area contributed by atoms with Crippen molar-refractivity contribution in [1.29, 1.82) is 0 Å². The topological polar surface area (TPSA) is 41.1 Å². The molecule has 0 aromatic heterocycles. The Morgan fingerprint density at radius 1 is 1.10 bits per heavy atom. The van der Waals surface area contributed by atoms with E-state index in [9.17, 15) is 4.79 Å². The van der Waals surface area contributed by atoms with Gasteiger partial charge in [-0.2, -0.15) is 0 Å². The minimum atomic E-state index is -0.00905. The Kier molecular flexibility index (Phi) is 5.40. The molecule has 0 saturated heterocycles. The van der Waals surface area contributed by atoms with Gasteiger partial charge in [0.2, 0.25) is 5.91 Å². The Balaban J connectivity index is 1.78. The maximum atomic E-state index is 11.8. The number of amides is 1. The zero-order valence-electron chi connectivity index (χ0n) is 11.3. The maximum absolute atomic E-state index is 11.8.